The molecule has 6 heterocycles. The Morgan fingerprint density at radius 3 is 0.962 bits per heavy atom. The van der Waals surface area contributed by atoms with Gasteiger partial charge in [-0.15, -0.1) is 0 Å². The van der Waals surface area contributed by atoms with Gasteiger partial charge in [-0.05, 0) is 0 Å². The molecule has 9 aromatic rings. The van der Waals surface area contributed by atoms with E-state index in [0.29, 0.717) is 108 Å². The summed E-state index contributed by atoms with van der Waals surface area (Å²) < 4.78 is 111. The first-order chi connectivity index (χ1) is 43.7. The molecule has 0 aromatic heterocycles. The molecule has 0 atom stereocenters. The van der Waals surface area contributed by atoms with E-state index in [1.165, 1.54) is 19.6 Å². The number of rotatable bonds is 3. The number of benzene rings is 9. The van der Waals surface area contributed by atoms with Crippen molar-refractivity contribution in [3.63, 3.8) is 0 Å². The van der Waals surface area contributed by atoms with Gasteiger partial charge in [0.05, 0.1) is 0 Å². The molecule has 10 nitrogen and oxygen atoms in total. The number of hydrogen-bond acceptors (Lipinski definition) is 10. The van der Waals surface area contributed by atoms with Crippen LogP contribution in [-0.2, 0) is 35.3 Å². The van der Waals surface area contributed by atoms with Crippen molar-refractivity contribution in [2.75, 3.05) is 76.9 Å². The third-order valence-corrected chi connectivity index (χ3v) is 21.5. The number of nitrogens with zero attached hydrogens (tertiary/aromatic N) is 10. The molecule has 1 saturated carbocycles. The van der Waals surface area contributed by atoms with Crippen LogP contribution < -0.4 is 49.0 Å². The predicted molar refractivity (Wildman–Crippen MR) is 320 cm³/mol. The molecule has 9 aromatic carbocycles. The zero-order chi connectivity index (χ0) is 62.6. The van der Waals surface area contributed by atoms with Crippen LogP contribution in [0.3, 0.4) is 0 Å². The van der Waals surface area contributed by atoms with Crippen LogP contribution >= 0.6 is 0 Å². The van der Waals surface area contributed by atoms with Crippen molar-refractivity contribution in [2.24, 2.45) is 0 Å². The normalized spacial score (nSPS) is 20.0. The molecule has 16 rings (SSSR count). The number of anilines is 18. The predicted octanol–water partition coefficient (Wildman–Crippen LogP) is 14.4. The molecule has 0 saturated heterocycles. The molecule has 0 radical (unpaired) electrons. The summed E-state index contributed by atoms with van der Waals surface area (Å²) in [7, 11) is 0. The van der Waals surface area contributed by atoms with Gasteiger partial charge in [0.25, 0.3) is 0 Å². The summed E-state index contributed by atoms with van der Waals surface area (Å²) in [6, 6.07) is 74.6. The van der Waals surface area contributed by atoms with Gasteiger partial charge in [0, 0.05) is 0 Å². The average Bonchev–Trinajstić information content (AvgIpc) is 1.59. The molecule has 6 aliphatic heterocycles. The van der Waals surface area contributed by atoms with Crippen molar-refractivity contribution < 1.29 is 51.7 Å². The minimum absolute atomic E-state index is 0.0688. The van der Waals surface area contributed by atoms with Gasteiger partial charge in [-0.2, -0.15) is 0 Å². The second-order valence-electron chi connectivity index (χ2n) is 19.8. The molecule has 1 fully saturated rings. The summed E-state index contributed by atoms with van der Waals surface area (Å²) in [5, 5.41) is 0. The van der Waals surface area contributed by atoms with E-state index in [1.54, 1.807) is 24.3 Å². The van der Waals surface area contributed by atoms with Crippen molar-refractivity contribution >= 4 is 119 Å². The standard InChI is InChI=1S/C67H52N10.2Pt/c1-68-44-72(64-33-11-7-29-60(64)68)49-21-15-25-53(39-49)76(54-26-16-22-50(40-54)73-45-69(2)61-30-8-12-34-65(61)73)57-37-38-59(58(43-57)48-19-5-6-20-48)77(55-27-17-23-51(41-55)74-46-70(3)62-31-9-13-35-66(62)74)56-28-18-24-52(42-56)75-47-71(4)63-32-10-14-36-67(63)75;;/h7-18,21-38,43,48H,5-6,19-20H2,1-4H3;;/q-4;;/i1D3,2D3,3D3,4D3;;. The van der Waals surface area contributed by atoms with E-state index in [1.807, 2.05) is 165 Å². The second kappa shape index (κ2) is 18.2. The molecule has 0 unspecified atom stereocenters. The molecule has 7 aliphatic rings. The van der Waals surface area contributed by atoms with Gasteiger partial charge in [0.1, 0.15) is 0 Å². The van der Waals surface area contributed by atoms with Crippen LogP contribution in [0.5, 0.6) is 0 Å². The Bertz CT molecular complexity index is 4410. The summed E-state index contributed by atoms with van der Waals surface area (Å²) in [5.41, 5.74) is 11.8. The van der Waals surface area contributed by atoms with Gasteiger partial charge < -0.3 is 0 Å². The number of hydrogen-bond donors (Lipinski definition) is 0. The van der Waals surface area contributed by atoms with E-state index >= 15 is 0 Å². The van der Waals surface area contributed by atoms with Crippen molar-refractivity contribution in [3.8, 4) is 0 Å². The first-order valence-electron chi connectivity index (χ1n) is 32.0. The molecule has 8 bridgehead atoms. The van der Waals surface area contributed by atoms with Gasteiger partial charge in [0.2, 0.25) is 0 Å². The number of para-hydroxylation sites is 8. The summed E-state index contributed by atoms with van der Waals surface area (Å²) in [6.45, 7) is -10.7. The van der Waals surface area contributed by atoms with Gasteiger partial charge in [-0.3, -0.25) is 0 Å². The zero-order valence-electron chi connectivity index (χ0n) is 53.9. The van der Waals surface area contributed by atoms with E-state index in [9.17, 15) is 0 Å². The minimum atomic E-state index is -2.67. The van der Waals surface area contributed by atoms with Gasteiger partial charge in [-0.25, -0.2) is 0 Å². The topological polar surface area (TPSA) is 32.4 Å². The monoisotopic (exact) mass is 1400 g/mol. The Balaban J connectivity index is 0.934. The van der Waals surface area contributed by atoms with Crippen LogP contribution in [0.25, 0.3) is 0 Å². The molecule has 79 heavy (non-hydrogen) atoms. The molecule has 0 amide bonds. The van der Waals surface area contributed by atoms with Crippen molar-refractivity contribution in [1.82, 2.24) is 0 Å². The fourth-order valence-electron chi connectivity index (χ4n) is 11.9. The summed E-state index contributed by atoms with van der Waals surface area (Å²) in [5.74, 6) is 0.0688. The quantitative estimate of drug-likeness (QED) is 0.160. The Kier molecular flexibility index (Phi) is 8.32. The molecule has 394 valence electrons. The fraction of sp³-hybridized carbons (Fsp3) is 0.134. The van der Waals surface area contributed by atoms with E-state index in [0.717, 1.165) is 42.6 Å². The molecule has 0 N–H and O–H groups in total. The van der Waals surface area contributed by atoms with Crippen LogP contribution in [0.1, 0.15) is 53.6 Å². The third kappa shape index (κ3) is 7.16. The van der Waals surface area contributed by atoms with Crippen molar-refractivity contribution in [3.05, 3.63) is 218 Å². The summed E-state index contributed by atoms with van der Waals surface area (Å²) >= 11 is -3.39. The van der Waals surface area contributed by atoms with Crippen LogP contribution in [-0.4, -0.2) is 44.5 Å². The SMILES string of the molecule is [2H]C([2H])([2H])N1[C]2=[Pt]=[C]3N(c4[c-]c(ccc4)N(c4ccc(N5c6[c-]c(ccc6)N6[C](=[Pt]=[C]7N(c8[c-]c5ccc8)c5ccccc5N7C([2H])([2H])[2H])N(C([2H])([2H])[2H])c5ccccc56)c(C5CCCC5)c4)c4[c-]c(ccc4)N2c2ccccc21)c1ccccc1N3C([2H])([2H])[2H]. The molecular weight excluding hydrogens is 1330 g/mol. The van der Waals surface area contributed by atoms with Gasteiger partial charge in [0.15, 0.2) is 0 Å². The average molecular weight is 1400 g/mol. The maximum atomic E-state index is 9.11. The Morgan fingerprint density at radius 2 is 0.633 bits per heavy atom. The van der Waals surface area contributed by atoms with Crippen molar-refractivity contribution in [2.45, 2.75) is 31.6 Å². The Labute approximate surface area is 494 Å². The number of fused-ring (bicyclic) bond motifs is 24. The van der Waals surface area contributed by atoms with Crippen LogP contribution in [0.2, 0.25) is 0 Å². The van der Waals surface area contributed by atoms with Gasteiger partial charge >= 0.3 is 497 Å². The Morgan fingerprint density at radius 1 is 0.329 bits per heavy atom. The molecule has 0 spiro atoms. The molecule has 1 aliphatic carbocycles. The zero-order valence-corrected chi connectivity index (χ0v) is 46.5. The van der Waals surface area contributed by atoms with Crippen LogP contribution in [0, 0.1) is 24.3 Å². The molecular formula is C67H52N10Pt2-4. The van der Waals surface area contributed by atoms with Crippen molar-refractivity contribution in [1.29, 1.82) is 0 Å². The summed E-state index contributed by atoms with van der Waals surface area (Å²) in [6.07, 6.45) is 3.81. The van der Waals surface area contributed by atoms with E-state index < -0.39 is 63.2 Å². The van der Waals surface area contributed by atoms with E-state index in [4.69, 9.17) is 16.4 Å². The van der Waals surface area contributed by atoms with Gasteiger partial charge in [-0.1, -0.05) is 0 Å². The maximum absolute atomic E-state index is 9.11. The van der Waals surface area contributed by atoms with E-state index in [2.05, 4.69) is 52.3 Å². The van der Waals surface area contributed by atoms with Crippen LogP contribution in [0.4, 0.5) is 102 Å². The van der Waals surface area contributed by atoms with E-state index in [-0.39, 0.29) is 5.92 Å². The fourth-order valence-corrected chi connectivity index (χ4v) is 18.1. The Hall–Kier alpha value is -8.16. The first-order valence-corrected chi connectivity index (χ1v) is 30.5. The summed E-state index contributed by atoms with van der Waals surface area (Å²) in [4.78, 5) is 17.6. The third-order valence-electron chi connectivity index (χ3n) is 15.4. The first kappa shape index (κ1) is 36.1. The molecule has 12 heteroatoms. The second-order valence-corrected chi connectivity index (χ2v) is 25.0. The van der Waals surface area contributed by atoms with Crippen LogP contribution in [0.15, 0.2) is 188 Å².